The van der Waals surface area contributed by atoms with Gasteiger partial charge in [0.1, 0.15) is 5.00 Å². The SMILES string of the molecule is CCOC(=O)c1c(NC(=O)c2ccccc2)sc2c1CCN(CC)C2.Cl. The van der Waals surface area contributed by atoms with Gasteiger partial charge in [-0.15, -0.1) is 23.7 Å². The maximum absolute atomic E-state index is 12.5. The Bertz CT molecular complexity index is 777. The molecule has 1 aliphatic heterocycles. The molecule has 0 saturated carbocycles. The van der Waals surface area contributed by atoms with Crippen LogP contribution in [0.15, 0.2) is 30.3 Å². The summed E-state index contributed by atoms with van der Waals surface area (Å²) in [5.41, 5.74) is 2.12. The highest BCUT2D eigenvalue weighted by molar-refractivity contribution is 7.17. The Morgan fingerprint density at radius 2 is 1.96 bits per heavy atom. The number of benzene rings is 1. The van der Waals surface area contributed by atoms with Gasteiger partial charge in [-0.2, -0.15) is 0 Å². The third-order valence-electron chi connectivity index (χ3n) is 4.33. The van der Waals surface area contributed by atoms with Crippen LogP contribution in [0.25, 0.3) is 0 Å². The first-order valence-corrected chi connectivity index (χ1v) is 9.36. The highest BCUT2D eigenvalue weighted by atomic mass is 35.5. The molecule has 2 aromatic rings. The van der Waals surface area contributed by atoms with E-state index in [4.69, 9.17) is 4.74 Å². The Labute approximate surface area is 163 Å². The van der Waals surface area contributed by atoms with Crippen molar-refractivity contribution >= 4 is 40.6 Å². The van der Waals surface area contributed by atoms with Crippen molar-refractivity contribution in [1.82, 2.24) is 4.90 Å². The van der Waals surface area contributed by atoms with Gasteiger partial charge in [-0.3, -0.25) is 9.69 Å². The van der Waals surface area contributed by atoms with Crippen molar-refractivity contribution in [1.29, 1.82) is 0 Å². The topological polar surface area (TPSA) is 58.6 Å². The number of amides is 1. The highest BCUT2D eigenvalue weighted by Crippen LogP contribution is 2.37. The predicted molar refractivity (Wildman–Crippen MR) is 107 cm³/mol. The van der Waals surface area contributed by atoms with Crippen LogP contribution in [-0.2, 0) is 17.7 Å². The predicted octanol–water partition coefficient (Wildman–Crippen LogP) is 3.98. The van der Waals surface area contributed by atoms with Crippen LogP contribution >= 0.6 is 23.7 Å². The van der Waals surface area contributed by atoms with Gasteiger partial charge >= 0.3 is 5.97 Å². The quantitative estimate of drug-likeness (QED) is 0.779. The summed E-state index contributed by atoms with van der Waals surface area (Å²) in [6.45, 7) is 6.93. The summed E-state index contributed by atoms with van der Waals surface area (Å²) >= 11 is 1.48. The van der Waals surface area contributed by atoms with Gasteiger partial charge in [0.25, 0.3) is 5.91 Å². The minimum absolute atomic E-state index is 0. The molecule has 0 atom stereocenters. The van der Waals surface area contributed by atoms with Crippen LogP contribution in [-0.4, -0.2) is 36.5 Å². The zero-order chi connectivity index (χ0) is 17.8. The van der Waals surface area contributed by atoms with Gasteiger partial charge in [-0.1, -0.05) is 25.1 Å². The number of hydrogen-bond acceptors (Lipinski definition) is 5. The van der Waals surface area contributed by atoms with E-state index >= 15 is 0 Å². The minimum Gasteiger partial charge on any atom is -0.462 e. The van der Waals surface area contributed by atoms with Crippen LogP contribution < -0.4 is 5.32 Å². The summed E-state index contributed by atoms with van der Waals surface area (Å²) in [6.07, 6.45) is 0.801. The van der Waals surface area contributed by atoms with Crippen molar-refractivity contribution in [3.63, 3.8) is 0 Å². The van der Waals surface area contributed by atoms with E-state index in [2.05, 4.69) is 17.1 Å². The molecule has 3 rings (SSSR count). The molecular weight excluding hydrogens is 372 g/mol. The lowest BCUT2D eigenvalue weighted by Gasteiger charge is -2.25. The second-order valence-corrected chi connectivity index (χ2v) is 6.97. The molecule has 0 radical (unpaired) electrons. The maximum Gasteiger partial charge on any atom is 0.341 e. The number of nitrogens with zero attached hydrogens (tertiary/aromatic N) is 1. The van der Waals surface area contributed by atoms with Gasteiger partial charge < -0.3 is 10.1 Å². The number of nitrogens with one attached hydrogen (secondary N) is 1. The van der Waals surface area contributed by atoms with Crippen molar-refractivity contribution in [2.75, 3.05) is 25.0 Å². The van der Waals surface area contributed by atoms with Crippen molar-refractivity contribution in [2.24, 2.45) is 0 Å². The molecule has 1 aromatic heterocycles. The Morgan fingerprint density at radius 3 is 2.62 bits per heavy atom. The summed E-state index contributed by atoms with van der Waals surface area (Å²) in [7, 11) is 0. The average Bonchev–Trinajstić information content (AvgIpc) is 2.99. The molecule has 1 aliphatic rings. The number of carbonyl (C=O) groups is 2. The van der Waals surface area contributed by atoms with Crippen molar-refractivity contribution < 1.29 is 14.3 Å². The number of esters is 1. The first-order valence-electron chi connectivity index (χ1n) is 8.54. The van der Waals surface area contributed by atoms with E-state index in [1.807, 2.05) is 18.2 Å². The average molecular weight is 395 g/mol. The smallest absolute Gasteiger partial charge is 0.341 e. The molecule has 2 heterocycles. The zero-order valence-electron chi connectivity index (χ0n) is 14.9. The highest BCUT2D eigenvalue weighted by Gasteiger charge is 2.29. The van der Waals surface area contributed by atoms with E-state index in [1.54, 1.807) is 19.1 Å². The molecule has 0 saturated heterocycles. The van der Waals surface area contributed by atoms with Crippen LogP contribution in [0.2, 0.25) is 0 Å². The number of fused-ring (bicyclic) bond motifs is 1. The monoisotopic (exact) mass is 394 g/mol. The molecule has 26 heavy (non-hydrogen) atoms. The van der Waals surface area contributed by atoms with Gasteiger partial charge in [0.05, 0.1) is 12.2 Å². The number of ether oxygens (including phenoxy) is 1. The van der Waals surface area contributed by atoms with Gasteiger partial charge in [-0.05, 0) is 37.6 Å². The second-order valence-electron chi connectivity index (χ2n) is 5.87. The van der Waals surface area contributed by atoms with Crippen LogP contribution in [0.5, 0.6) is 0 Å². The lowest BCUT2D eigenvalue weighted by atomic mass is 10.0. The number of thiophene rings is 1. The zero-order valence-corrected chi connectivity index (χ0v) is 16.5. The minimum atomic E-state index is -0.353. The molecule has 0 spiro atoms. The fourth-order valence-electron chi connectivity index (χ4n) is 3.00. The number of carbonyl (C=O) groups excluding carboxylic acids is 2. The molecule has 0 unspecified atom stereocenters. The van der Waals surface area contributed by atoms with E-state index in [0.29, 0.717) is 22.7 Å². The van der Waals surface area contributed by atoms with E-state index in [9.17, 15) is 9.59 Å². The maximum atomic E-state index is 12.5. The van der Waals surface area contributed by atoms with Crippen molar-refractivity contribution in [3.05, 3.63) is 51.9 Å². The number of likely N-dealkylation sites (N-methyl/N-ethyl adjacent to an activating group) is 1. The molecule has 140 valence electrons. The lowest BCUT2D eigenvalue weighted by molar-refractivity contribution is 0.0526. The van der Waals surface area contributed by atoms with Crippen molar-refractivity contribution in [3.8, 4) is 0 Å². The number of anilines is 1. The lowest BCUT2D eigenvalue weighted by Crippen LogP contribution is -2.30. The number of halogens is 1. The second kappa shape index (κ2) is 9.16. The first kappa shape index (κ1) is 20.4. The summed E-state index contributed by atoms with van der Waals surface area (Å²) in [4.78, 5) is 28.5. The number of rotatable bonds is 5. The van der Waals surface area contributed by atoms with Gasteiger partial charge in [0.2, 0.25) is 0 Å². The summed E-state index contributed by atoms with van der Waals surface area (Å²) in [6, 6.07) is 9.01. The van der Waals surface area contributed by atoms with Crippen LogP contribution in [0, 0.1) is 0 Å². The third-order valence-corrected chi connectivity index (χ3v) is 5.46. The molecule has 1 aromatic carbocycles. The molecule has 1 N–H and O–H groups in total. The number of hydrogen-bond donors (Lipinski definition) is 1. The third kappa shape index (κ3) is 4.26. The molecule has 0 bridgehead atoms. The normalized spacial score (nSPS) is 13.5. The largest absolute Gasteiger partial charge is 0.462 e. The van der Waals surface area contributed by atoms with Crippen LogP contribution in [0.4, 0.5) is 5.00 Å². The molecular formula is C19H23ClN2O3S. The summed E-state index contributed by atoms with van der Waals surface area (Å²) in [5, 5.41) is 3.51. The molecule has 7 heteroatoms. The molecule has 5 nitrogen and oxygen atoms in total. The van der Waals surface area contributed by atoms with Crippen molar-refractivity contribution in [2.45, 2.75) is 26.8 Å². The fraction of sp³-hybridized carbons (Fsp3) is 0.368. The summed E-state index contributed by atoms with van der Waals surface area (Å²) in [5.74, 6) is -0.564. The van der Waals surface area contributed by atoms with E-state index in [1.165, 1.54) is 11.3 Å². The summed E-state index contributed by atoms with van der Waals surface area (Å²) < 4.78 is 5.24. The van der Waals surface area contributed by atoms with E-state index in [-0.39, 0.29) is 24.3 Å². The van der Waals surface area contributed by atoms with Gasteiger partial charge in [0.15, 0.2) is 0 Å². The Hall–Kier alpha value is -1.89. The van der Waals surface area contributed by atoms with E-state index < -0.39 is 0 Å². The molecule has 1 amide bonds. The molecule has 0 aliphatic carbocycles. The Balaban J connectivity index is 0.00000243. The standard InChI is InChI=1S/C19H22N2O3S.ClH/c1-3-21-11-10-14-15(12-21)25-18(16(14)19(23)24-4-2)20-17(22)13-8-6-5-7-9-13;/h5-9H,3-4,10-12H2,1-2H3,(H,20,22);1H. The Morgan fingerprint density at radius 1 is 1.23 bits per heavy atom. The Kier molecular flexibility index (Phi) is 7.20. The van der Waals surface area contributed by atoms with Gasteiger partial charge in [0, 0.05) is 23.5 Å². The van der Waals surface area contributed by atoms with Crippen LogP contribution in [0.1, 0.15) is 45.0 Å². The van der Waals surface area contributed by atoms with Crippen LogP contribution in [0.3, 0.4) is 0 Å². The fourth-order valence-corrected chi connectivity index (χ4v) is 4.27. The molecule has 0 fully saturated rings. The van der Waals surface area contributed by atoms with Gasteiger partial charge in [-0.25, -0.2) is 4.79 Å². The first-order chi connectivity index (χ1) is 12.1. The van der Waals surface area contributed by atoms with E-state index in [0.717, 1.165) is 36.5 Å².